The predicted molar refractivity (Wildman–Crippen MR) is 75.7 cm³/mol. The first-order chi connectivity index (χ1) is 9.65. The normalized spacial score (nSPS) is 10.1. The Kier molecular flexibility index (Phi) is 4.26. The van der Waals surface area contributed by atoms with Crippen molar-refractivity contribution >= 4 is 5.82 Å². The lowest BCUT2D eigenvalue weighted by atomic mass is 10.0. The monoisotopic (exact) mass is 270 g/mol. The molecule has 1 N–H and O–H groups in total. The van der Waals surface area contributed by atoms with E-state index in [1.165, 1.54) is 18.5 Å². The van der Waals surface area contributed by atoms with Gasteiger partial charge in [0.1, 0.15) is 18.0 Å². The van der Waals surface area contributed by atoms with Crippen LogP contribution in [0.2, 0.25) is 0 Å². The summed E-state index contributed by atoms with van der Waals surface area (Å²) in [5, 5.41) is 12.1. The van der Waals surface area contributed by atoms with Crippen LogP contribution >= 0.6 is 0 Å². The molecule has 0 radical (unpaired) electrons. The first-order valence-corrected chi connectivity index (χ1v) is 6.42. The molecule has 0 fully saturated rings. The zero-order valence-corrected chi connectivity index (χ0v) is 11.4. The summed E-state index contributed by atoms with van der Waals surface area (Å²) in [5.74, 6) is 0.291. The van der Waals surface area contributed by atoms with Crippen molar-refractivity contribution in [3.63, 3.8) is 0 Å². The molecule has 0 saturated heterocycles. The van der Waals surface area contributed by atoms with Crippen molar-refractivity contribution in [2.24, 2.45) is 0 Å². The highest BCUT2D eigenvalue weighted by Gasteiger charge is 2.11. The van der Waals surface area contributed by atoms with Crippen LogP contribution in [0.1, 0.15) is 24.5 Å². The average Bonchev–Trinajstić information content (AvgIpc) is 2.45. The standard InChI is InChI=1S/C15H15FN4/c1-3-4-18-15-10(2)14(19-9-20-15)12-5-11(8-17)6-13(16)7-12/h5-7,9H,3-4H2,1-2H3,(H,18,19,20). The highest BCUT2D eigenvalue weighted by molar-refractivity contribution is 5.69. The number of hydrogen-bond acceptors (Lipinski definition) is 4. The summed E-state index contributed by atoms with van der Waals surface area (Å²) in [6, 6.07) is 6.15. The van der Waals surface area contributed by atoms with E-state index in [4.69, 9.17) is 5.26 Å². The van der Waals surface area contributed by atoms with Crippen LogP contribution in [0.25, 0.3) is 11.3 Å². The summed E-state index contributed by atoms with van der Waals surface area (Å²) in [6.45, 7) is 4.75. The third-order valence-corrected chi connectivity index (χ3v) is 2.93. The number of rotatable bonds is 4. The fraction of sp³-hybridized carbons (Fsp3) is 0.267. The molecule has 1 heterocycles. The van der Waals surface area contributed by atoms with E-state index < -0.39 is 5.82 Å². The van der Waals surface area contributed by atoms with Crippen molar-refractivity contribution in [2.75, 3.05) is 11.9 Å². The highest BCUT2D eigenvalue weighted by atomic mass is 19.1. The van der Waals surface area contributed by atoms with Crippen LogP contribution in [0.3, 0.4) is 0 Å². The Bertz CT molecular complexity index is 661. The van der Waals surface area contributed by atoms with Gasteiger partial charge in [-0.1, -0.05) is 6.92 Å². The van der Waals surface area contributed by atoms with E-state index in [-0.39, 0.29) is 5.56 Å². The predicted octanol–water partition coefficient (Wildman–Crippen LogP) is 3.28. The molecule has 0 aliphatic rings. The fourth-order valence-corrected chi connectivity index (χ4v) is 1.95. The van der Waals surface area contributed by atoms with Crippen LogP contribution in [0.15, 0.2) is 24.5 Å². The minimum absolute atomic E-state index is 0.279. The molecule has 0 bridgehead atoms. The Morgan fingerprint density at radius 1 is 1.30 bits per heavy atom. The highest BCUT2D eigenvalue weighted by Crippen LogP contribution is 2.26. The molecule has 0 amide bonds. The second-order valence-electron chi connectivity index (χ2n) is 4.46. The van der Waals surface area contributed by atoms with Crippen LogP contribution < -0.4 is 5.32 Å². The van der Waals surface area contributed by atoms with Gasteiger partial charge >= 0.3 is 0 Å². The topological polar surface area (TPSA) is 61.6 Å². The quantitative estimate of drug-likeness (QED) is 0.926. The molecule has 0 aliphatic carbocycles. The molecule has 1 aromatic heterocycles. The molecule has 1 aromatic carbocycles. The molecule has 0 atom stereocenters. The molecule has 0 aliphatic heterocycles. The molecule has 20 heavy (non-hydrogen) atoms. The van der Waals surface area contributed by atoms with Crippen LogP contribution in [0.5, 0.6) is 0 Å². The summed E-state index contributed by atoms with van der Waals surface area (Å²) in [6.07, 6.45) is 2.43. The molecule has 0 saturated carbocycles. The maximum Gasteiger partial charge on any atom is 0.132 e. The first kappa shape index (κ1) is 13.9. The van der Waals surface area contributed by atoms with Gasteiger partial charge in [0.25, 0.3) is 0 Å². The maximum atomic E-state index is 13.5. The van der Waals surface area contributed by atoms with E-state index in [0.717, 1.165) is 24.3 Å². The molecule has 0 spiro atoms. The molecule has 4 nitrogen and oxygen atoms in total. The summed E-state index contributed by atoms with van der Waals surface area (Å²) in [7, 11) is 0. The lowest BCUT2D eigenvalue weighted by Crippen LogP contribution is -2.05. The van der Waals surface area contributed by atoms with Crippen molar-refractivity contribution in [3.05, 3.63) is 41.5 Å². The van der Waals surface area contributed by atoms with Gasteiger partial charge in [0, 0.05) is 17.7 Å². The summed E-state index contributed by atoms with van der Waals surface area (Å²) < 4.78 is 13.5. The van der Waals surface area contributed by atoms with E-state index in [1.54, 1.807) is 6.07 Å². The van der Waals surface area contributed by atoms with Gasteiger partial charge in [-0.25, -0.2) is 14.4 Å². The van der Waals surface area contributed by atoms with Gasteiger partial charge in [-0.05, 0) is 31.5 Å². The Labute approximate surface area is 117 Å². The second kappa shape index (κ2) is 6.11. The van der Waals surface area contributed by atoms with Crippen molar-refractivity contribution in [2.45, 2.75) is 20.3 Å². The zero-order chi connectivity index (χ0) is 14.5. The van der Waals surface area contributed by atoms with E-state index in [2.05, 4.69) is 22.2 Å². The summed E-state index contributed by atoms with van der Waals surface area (Å²) >= 11 is 0. The van der Waals surface area contributed by atoms with Gasteiger partial charge in [-0.15, -0.1) is 0 Å². The van der Waals surface area contributed by atoms with Gasteiger partial charge in [0.15, 0.2) is 0 Å². The molecule has 0 unspecified atom stereocenters. The van der Waals surface area contributed by atoms with E-state index in [9.17, 15) is 4.39 Å². The largest absolute Gasteiger partial charge is 0.370 e. The molecular weight excluding hydrogens is 255 g/mol. The van der Waals surface area contributed by atoms with E-state index in [1.807, 2.05) is 13.0 Å². The van der Waals surface area contributed by atoms with Crippen LogP contribution in [0, 0.1) is 24.1 Å². The minimum Gasteiger partial charge on any atom is -0.370 e. The molecule has 2 rings (SSSR count). The minimum atomic E-state index is -0.444. The van der Waals surface area contributed by atoms with Gasteiger partial charge in [-0.3, -0.25) is 0 Å². The van der Waals surface area contributed by atoms with Crippen molar-refractivity contribution in [3.8, 4) is 17.3 Å². The van der Waals surface area contributed by atoms with Crippen LogP contribution in [0.4, 0.5) is 10.2 Å². The average molecular weight is 270 g/mol. The Balaban J connectivity index is 2.48. The molecule has 5 heteroatoms. The maximum absolute atomic E-state index is 13.5. The number of nitrogens with zero attached hydrogens (tertiary/aromatic N) is 3. The molecular formula is C15H15FN4. The SMILES string of the molecule is CCCNc1ncnc(-c2cc(F)cc(C#N)c2)c1C. The number of hydrogen-bond donors (Lipinski definition) is 1. The fourth-order valence-electron chi connectivity index (χ4n) is 1.95. The Hall–Kier alpha value is -2.48. The molecule has 102 valence electrons. The van der Waals surface area contributed by atoms with E-state index in [0.29, 0.717) is 11.3 Å². The number of nitriles is 1. The number of benzene rings is 1. The van der Waals surface area contributed by atoms with Gasteiger partial charge in [-0.2, -0.15) is 5.26 Å². The van der Waals surface area contributed by atoms with Crippen LogP contribution in [-0.2, 0) is 0 Å². The van der Waals surface area contributed by atoms with Gasteiger partial charge in [0.2, 0.25) is 0 Å². The third kappa shape index (κ3) is 2.91. The third-order valence-electron chi connectivity index (χ3n) is 2.93. The number of halogens is 1. The second-order valence-corrected chi connectivity index (χ2v) is 4.46. The smallest absolute Gasteiger partial charge is 0.132 e. The summed E-state index contributed by atoms with van der Waals surface area (Å²) in [5.41, 5.74) is 2.34. The first-order valence-electron chi connectivity index (χ1n) is 6.42. The summed E-state index contributed by atoms with van der Waals surface area (Å²) in [4.78, 5) is 8.39. The Morgan fingerprint density at radius 2 is 2.10 bits per heavy atom. The van der Waals surface area contributed by atoms with Gasteiger partial charge < -0.3 is 5.32 Å². The zero-order valence-electron chi connectivity index (χ0n) is 11.4. The number of aromatic nitrogens is 2. The lowest BCUT2D eigenvalue weighted by Gasteiger charge is -2.11. The lowest BCUT2D eigenvalue weighted by molar-refractivity contribution is 0.628. The van der Waals surface area contributed by atoms with E-state index >= 15 is 0 Å². The number of anilines is 1. The van der Waals surface area contributed by atoms with Crippen LogP contribution in [-0.4, -0.2) is 16.5 Å². The van der Waals surface area contributed by atoms with Crippen molar-refractivity contribution < 1.29 is 4.39 Å². The number of nitrogens with one attached hydrogen (secondary N) is 1. The van der Waals surface area contributed by atoms with Crippen molar-refractivity contribution in [1.29, 1.82) is 5.26 Å². The van der Waals surface area contributed by atoms with Crippen molar-refractivity contribution in [1.82, 2.24) is 9.97 Å². The van der Waals surface area contributed by atoms with Gasteiger partial charge in [0.05, 0.1) is 17.3 Å². The molecule has 2 aromatic rings. The Morgan fingerprint density at radius 3 is 2.80 bits per heavy atom.